The standard InChI is InChI=1S/C17H18ClF2N3O/c18-13-5-12(8-21-9-13)15-6-16(11-2-4-24-10-11)23(22-15)14-1-3-17(19,20)7-14/h5-6,8-9,11,14H,1-4,7,10H2. The molecule has 7 heteroatoms. The molecule has 2 fully saturated rings. The topological polar surface area (TPSA) is 39.9 Å². The molecule has 3 heterocycles. The molecule has 2 aromatic rings. The summed E-state index contributed by atoms with van der Waals surface area (Å²) in [6.45, 7) is 1.31. The van der Waals surface area contributed by atoms with Gasteiger partial charge in [-0.15, -0.1) is 0 Å². The highest BCUT2D eigenvalue weighted by Crippen LogP contribution is 2.43. The summed E-state index contributed by atoms with van der Waals surface area (Å²) in [6.07, 6.45) is 4.36. The van der Waals surface area contributed by atoms with Gasteiger partial charge in [-0.05, 0) is 25.0 Å². The summed E-state index contributed by atoms with van der Waals surface area (Å²) in [4.78, 5) is 4.09. The molecule has 0 N–H and O–H groups in total. The van der Waals surface area contributed by atoms with Gasteiger partial charge in [0, 0.05) is 49.0 Å². The fourth-order valence-electron chi connectivity index (χ4n) is 3.60. The average molecular weight is 354 g/mol. The van der Waals surface area contributed by atoms with Crippen LogP contribution in [-0.2, 0) is 4.74 Å². The second-order valence-corrected chi connectivity index (χ2v) is 7.04. The lowest BCUT2D eigenvalue weighted by Crippen LogP contribution is -2.16. The first-order chi connectivity index (χ1) is 11.5. The van der Waals surface area contributed by atoms with E-state index in [1.807, 2.05) is 6.07 Å². The van der Waals surface area contributed by atoms with Crippen LogP contribution in [-0.4, -0.2) is 33.9 Å². The SMILES string of the molecule is FC1(F)CCC(n2nc(-c3cncc(Cl)c3)cc2C2CCOC2)C1. The number of halogens is 3. The van der Waals surface area contributed by atoms with Crippen molar-refractivity contribution in [3.63, 3.8) is 0 Å². The molecule has 2 unspecified atom stereocenters. The predicted octanol–water partition coefficient (Wildman–Crippen LogP) is 4.46. The first kappa shape index (κ1) is 16.0. The number of pyridine rings is 1. The molecule has 2 aliphatic rings. The molecule has 1 aliphatic carbocycles. The highest BCUT2D eigenvalue weighted by Gasteiger charge is 2.42. The Hall–Kier alpha value is -1.53. The van der Waals surface area contributed by atoms with Crippen molar-refractivity contribution in [1.82, 2.24) is 14.8 Å². The minimum absolute atomic E-state index is 0.0772. The van der Waals surface area contributed by atoms with Crippen LogP contribution in [0.3, 0.4) is 0 Å². The summed E-state index contributed by atoms with van der Waals surface area (Å²) in [5.74, 6) is -2.40. The van der Waals surface area contributed by atoms with Crippen molar-refractivity contribution in [3.8, 4) is 11.3 Å². The number of rotatable bonds is 3. The van der Waals surface area contributed by atoms with Gasteiger partial charge in [-0.25, -0.2) is 8.78 Å². The van der Waals surface area contributed by atoms with Crippen LogP contribution in [0.1, 0.15) is 43.3 Å². The summed E-state index contributed by atoms with van der Waals surface area (Å²) in [7, 11) is 0. The number of hydrogen-bond donors (Lipinski definition) is 0. The molecule has 2 atom stereocenters. The van der Waals surface area contributed by atoms with E-state index in [2.05, 4.69) is 10.1 Å². The van der Waals surface area contributed by atoms with E-state index in [-0.39, 0.29) is 24.8 Å². The lowest BCUT2D eigenvalue weighted by molar-refractivity contribution is 0.00505. The monoisotopic (exact) mass is 353 g/mol. The van der Waals surface area contributed by atoms with Crippen LogP contribution in [0.4, 0.5) is 8.78 Å². The fourth-order valence-corrected chi connectivity index (χ4v) is 3.78. The van der Waals surface area contributed by atoms with Gasteiger partial charge in [0.1, 0.15) is 0 Å². The zero-order valence-corrected chi connectivity index (χ0v) is 13.8. The van der Waals surface area contributed by atoms with E-state index in [4.69, 9.17) is 16.3 Å². The van der Waals surface area contributed by atoms with E-state index in [9.17, 15) is 8.78 Å². The largest absolute Gasteiger partial charge is 0.381 e. The van der Waals surface area contributed by atoms with E-state index < -0.39 is 5.92 Å². The second-order valence-electron chi connectivity index (χ2n) is 6.60. The van der Waals surface area contributed by atoms with Gasteiger partial charge in [-0.3, -0.25) is 9.67 Å². The molecule has 0 amide bonds. The maximum absolute atomic E-state index is 13.7. The first-order valence-corrected chi connectivity index (χ1v) is 8.55. The Bertz CT molecular complexity index is 743. The van der Waals surface area contributed by atoms with Crippen molar-refractivity contribution >= 4 is 11.6 Å². The van der Waals surface area contributed by atoms with E-state index in [0.717, 1.165) is 23.4 Å². The summed E-state index contributed by atoms with van der Waals surface area (Å²) < 4.78 is 34.6. The third-order valence-electron chi connectivity index (χ3n) is 4.84. The van der Waals surface area contributed by atoms with Gasteiger partial charge in [0.2, 0.25) is 5.92 Å². The van der Waals surface area contributed by atoms with Crippen LogP contribution in [0, 0.1) is 0 Å². The van der Waals surface area contributed by atoms with Crippen molar-refractivity contribution in [1.29, 1.82) is 0 Å². The van der Waals surface area contributed by atoms with Crippen molar-refractivity contribution in [2.24, 2.45) is 0 Å². The molecule has 1 aliphatic heterocycles. The molecule has 128 valence electrons. The molecule has 0 aromatic carbocycles. The molecular formula is C17H18ClF2N3O. The third kappa shape index (κ3) is 3.05. The number of ether oxygens (including phenoxy) is 1. The summed E-state index contributed by atoms with van der Waals surface area (Å²) in [6, 6.07) is 3.50. The Morgan fingerprint density at radius 2 is 2.12 bits per heavy atom. The first-order valence-electron chi connectivity index (χ1n) is 8.18. The molecule has 0 radical (unpaired) electrons. The number of nitrogens with zero attached hydrogens (tertiary/aromatic N) is 3. The molecule has 2 aromatic heterocycles. The van der Waals surface area contributed by atoms with Gasteiger partial charge >= 0.3 is 0 Å². The molecule has 4 nitrogen and oxygen atoms in total. The molecule has 1 saturated carbocycles. The second kappa shape index (κ2) is 6.08. The molecule has 4 rings (SSSR count). The minimum atomic E-state index is -2.60. The summed E-state index contributed by atoms with van der Waals surface area (Å²) in [5, 5.41) is 5.17. The average Bonchev–Trinajstić information content (AvgIpc) is 3.24. The lowest BCUT2D eigenvalue weighted by Gasteiger charge is -2.17. The number of alkyl halides is 2. The van der Waals surface area contributed by atoms with Crippen LogP contribution < -0.4 is 0 Å². The van der Waals surface area contributed by atoms with Crippen LogP contribution in [0.15, 0.2) is 24.5 Å². The maximum Gasteiger partial charge on any atom is 0.250 e. The van der Waals surface area contributed by atoms with Crippen LogP contribution in [0.5, 0.6) is 0 Å². The maximum atomic E-state index is 13.7. The Morgan fingerprint density at radius 3 is 2.79 bits per heavy atom. The minimum Gasteiger partial charge on any atom is -0.381 e. The number of aromatic nitrogens is 3. The Morgan fingerprint density at radius 1 is 1.25 bits per heavy atom. The van der Waals surface area contributed by atoms with Gasteiger partial charge in [-0.2, -0.15) is 5.10 Å². The molecule has 0 spiro atoms. The van der Waals surface area contributed by atoms with Crippen LogP contribution in [0.2, 0.25) is 5.02 Å². The normalized spacial score (nSPS) is 26.1. The predicted molar refractivity (Wildman–Crippen MR) is 86.5 cm³/mol. The smallest absolute Gasteiger partial charge is 0.250 e. The Labute approximate surface area is 143 Å². The quantitative estimate of drug-likeness (QED) is 0.817. The number of hydrogen-bond acceptors (Lipinski definition) is 3. The van der Waals surface area contributed by atoms with Crippen molar-refractivity contribution < 1.29 is 13.5 Å². The van der Waals surface area contributed by atoms with Crippen LogP contribution in [0.25, 0.3) is 11.3 Å². The lowest BCUT2D eigenvalue weighted by atomic mass is 10.0. The third-order valence-corrected chi connectivity index (χ3v) is 5.04. The Kier molecular flexibility index (Phi) is 4.04. The van der Waals surface area contributed by atoms with Crippen molar-refractivity contribution in [2.75, 3.05) is 13.2 Å². The molecule has 24 heavy (non-hydrogen) atoms. The van der Waals surface area contributed by atoms with Gasteiger partial charge < -0.3 is 4.74 Å². The van der Waals surface area contributed by atoms with Crippen molar-refractivity contribution in [3.05, 3.63) is 35.2 Å². The highest BCUT2D eigenvalue weighted by atomic mass is 35.5. The van der Waals surface area contributed by atoms with E-state index in [1.165, 1.54) is 0 Å². The zero-order valence-electron chi connectivity index (χ0n) is 13.1. The van der Waals surface area contributed by atoms with Gasteiger partial charge in [-0.1, -0.05) is 11.6 Å². The fraction of sp³-hybridized carbons (Fsp3) is 0.529. The summed E-state index contributed by atoms with van der Waals surface area (Å²) >= 11 is 6.02. The van der Waals surface area contributed by atoms with E-state index >= 15 is 0 Å². The highest BCUT2D eigenvalue weighted by molar-refractivity contribution is 6.30. The molecule has 0 bridgehead atoms. The summed E-state index contributed by atoms with van der Waals surface area (Å²) in [5.41, 5.74) is 2.50. The zero-order chi connectivity index (χ0) is 16.7. The Balaban J connectivity index is 1.73. The van der Waals surface area contributed by atoms with E-state index in [1.54, 1.807) is 23.1 Å². The van der Waals surface area contributed by atoms with E-state index in [0.29, 0.717) is 24.7 Å². The van der Waals surface area contributed by atoms with Crippen molar-refractivity contribution in [2.45, 2.75) is 43.6 Å². The van der Waals surface area contributed by atoms with Gasteiger partial charge in [0.25, 0.3) is 0 Å². The van der Waals surface area contributed by atoms with Crippen LogP contribution >= 0.6 is 11.6 Å². The van der Waals surface area contributed by atoms with Gasteiger partial charge in [0.05, 0.1) is 23.4 Å². The van der Waals surface area contributed by atoms with Gasteiger partial charge in [0.15, 0.2) is 0 Å². The molecular weight excluding hydrogens is 336 g/mol. The molecule has 1 saturated heterocycles.